The van der Waals surface area contributed by atoms with Crippen molar-refractivity contribution < 1.29 is 9.90 Å². The van der Waals surface area contributed by atoms with Gasteiger partial charge in [0.05, 0.1) is 0 Å². The molecule has 1 amide bonds. The van der Waals surface area contributed by atoms with E-state index in [4.69, 9.17) is 5.11 Å². The third-order valence-corrected chi connectivity index (χ3v) is 4.03. The number of hydrogen-bond acceptors (Lipinski definition) is 2. The fourth-order valence-corrected chi connectivity index (χ4v) is 2.95. The molecule has 0 atom stereocenters. The van der Waals surface area contributed by atoms with Gasteiger partial charge in [-0.05, 0) is 49.3 Å². The van der Waals surface area contributed by atoms with E-state index in [-0.39, 0.29) is 12.5 Å². The summed E-state index contributed by atoms with van der Waals surface area (Å²) in [5, 5.41) is 11.9. The van der Waals surface area contributed by atoms with Crippen LogP contribution in [0.15, 0.2) is 24.3 Å². The van der Waals surface area contributed by atoms with E-state index in [2.05, 4.69) is 5.32 Å². The molecule has 3 nitrogen and oxygen atoms in total. The first-order valence-electron chi connectivity index (χ1n) is 7.77. The number of rotatable bonds is 6. The molecule has 20 heavy (non-hydrogen) atoms. The van der Waals surface area contributed by atoms with Crippen molar-refractivity contribution in [2.24, 2.45) is 5.92 Å². The highest BCUT2D eigenvalue weighted by Crippen LogP contribution is 2.26. The molecule has 2 N–H and O–H groups in total. The molecule has 1 saturated carbocycles. The summed E-state index contributed by atoms with van der Waals surface area (Å²) in [7, 11) is 0. The summed E-state index contributed by atoms with van der Waals surface area (Å²) in [5.41, 5.74) is 2.04. The number of carbonyl (C=O) groups is 1. The first-order chi connectivity index (χ1) is 9.78. The highest BCUT2D eigenvalue weighted by Gasteiger charge is 2.17. The number of amides is 1. The van der Waals surface area contributed by atoms with Gasteiger partial charge in [-0.3, -0.25) is 4.79 Å². The van der Waals surface area contributed by atoms with Crippen LogP contribution in [-0.4, -0.2) is 17.6 Å². The molecule has 1 aliphatic rings. The van der Waals surface area contributed by atoms with Crippen LogP contribution in [0.3, 0.4) is 0 Å². The molecular formula is C17H25NO2. The zero-order valence-electron chi connectivity index (χ0n) is 12.1. The maximum Gasteiger partial charge on any atom is 0.224 e. The van der Waals surface area contributed by atoms with Gasteiger partial charge >= 0.3 is 0 Å². The van der Waals surface area contributed by atoms with E-state index in [9.17, 15) is 4.79 Å². The maximum absolute atomic E-state index is 12.1. The highest BCUT2D eigenvalue weighted by molar-refractivity contribution is 5.90. The van der Waals surface area contributed by atoms with Gasteiger partial charge in [0.25, 0.3) is 0 Å². The molecule has 0 saturated heterocycles. The number of benzene rings is 1. The number of aryl methyl sites for hydroxylation is 1. The Morgan fingerprint density at radius 3 is 2.80 bits per heavy atom. The van der Waals surface area contributed by atoms with Crippen LogP contribution >= 0.6 is 0 Å². The van der Waals surface area contributed by atoms with E-state index in [0.29, 0.717) is 12.3 Å². The van der Waals surface area contributed by atoms with E-state index in [1.54, 1.807) is 0 Å². The fourth-order valence-electron chi connectivity index (χ4n) is 2.95. The normalized spacial score (nSPS) is 16.1. The lowest BCUT2D eigenvalue weighted by Gasteiger charge is -2.20. The third kappa shape index (κ3) is 4.97. The third-order valence-electron chi connectivity index (χ3n) is 4.03. The van der Waals surface area contributed by atoms with E-state index in [1.165, 1.54) is 32.1 Å². The van der Waals surface area contributed by atoms with Gasteiger partial charge in [0.15, 0.2) is 0 Å². The molecule has 0 aromatic heterocycles. The minimum atomic E-state index is 0.135. The lowest BCUT2D eigenvalue weighted by molar-refractivity contribution is -0.117. The van der Waals surface area contributed by atoms with Gasteiger partial charge < -0.3 is 10.4 Å². The number of aliphatic hydroxyl groups excluding tert-OH is 1. The van der Waals surface area contributed by atoms with Gasteiger partial charge in [0, 0.05) is 18.7 Å². The fraction of sp³-hybridized carbons (Fsp3) is 0.588. The van der Waals surface area contributed by atoms with Crippen LogP contribution < -0.4 is 5.32 Å². The van der Waals surface area contributed by atoms with Crippen LogP contribution in [0.5, 0.6) is 0 Å². The Labute approximate surface area is 121 Å². The van der Waals surface area contributed by atoms with Crippen LogP contribution in [0.4, 0.5) is 5.69 Å². The van der Waals surface area contributed by atoms with Gasteiger partial charge in [-0.15, -0.1) is 0 Å². The van der Waals surface area contributed by atoms with Crippen LogP contribution in [0.25, 0.3) is 0 Å². The minimum absolute atomic E-state index is 0.135. The first kappa shape index (κ1) is 15.0. The number of hydrogen-bond donors (Lipinski definition) is 2. The van der Waals surface area contributed by atoms with Crippen LogP contribution in [0, 0.1) is 5.92 Å². The standard InChI is InChI=1S/C17H25NO2/c19-11-5-9-14-8-4-10-16(12-14)18-17(20)13-15-6-2-1-3-7-15/h4,8,10,12,15,19H,1-3,5-7,9,11,13H2,(H,18,20). The van der Waals surface area contributed by atoms with Crippen LogP contribution in [0.2, 0.25) is 0 Å². The summed E-state index contributed by atoms with van der Waals surface area (Å²) in [5.74, 6) is 0.706. The molecule has 1 aromatic carbocycles. The Morgan fingerprint density at radius 1 is 1.25 bits per heavy atom. The predicted octanol–water partition coefficient (Wildman–Crippen LogP) is 3.52. The molecule has 0 radical (unpaired) electrons. The van der Waals surface area contributed by atoms with Crippen molar-refractivity contribution >= 4 is 11.6 Å². The molecule has 0 unspecified atom stereocenters. The Morgan fingerprint density at radius 2 is 2.05 bits per heavy atom. The molecule has 0 aliphatic heterocycles. The average molecular weight is 275 g/mol. The summed E-state index contributed by atoms with van der Waals surface area (Å²) in [4.78, 5) is 12.1. The molecule has 3 heteroatoms. The Bertz CT molecular complexity index is 425. The number of aliphatic hydroxyl groups is 1. The predicted molar refractivity (Wildman–Crippen MR) is 81.7 cm³/mol. The minimum Gasteiger partial charge on any atom is -0.396 e. The van der Waals surface area contributed by atoms with Gasteiger partial charge in [-0.25, -0.2) is 0 Å². The topological polar surface area (TPSA) is 49.3 Å². The van der Waals surface area contributed by atoms with Gasteiger partial charge in [0.2, 0.25) is 5.91 Å². The highest BCUT2D eigenvalue weighted by atomic mass is 16.2. The quantitative estimate of drug-likeness (QED) is 0.834. The van der Waals surface area contributed by atoms with Crippen LogP contribution in [0.1, 0.15) is 50.5 Å². The smallest absolute Gasteiger partial charge is 0.224 e. The second-order valence-corrected chi connectivity index (χ2v) is 5.78. The Kier molecular flexibility index (Phi) is 6.06. The van der Waals surface area contributed by atoms with Crippen LogP contribution in [-0.2, 0) is 11.2 Å². The van der Waals surface area contributed by atoms with Crippen molar-refractivity contribution in [3.05, 3.63) is 29.8 Å². The number of carbonyl (C=O) groups excluding carboxylic acids is 1. The zero-order valence-corrected chi connectivity index (χ0v) is 12.1. The van der Waals surface area contributed by atoms with Crippen molar-refractivity contribution in [3.63, 3.8) is 0 Å². The summed E-state index contributed by atoms with van der Waals surface area (Å²) in [6.07, 6.45) is 8.53. The Balaban J connectivity index is 1.83. The average Bonchev–Trinajstić information content (AvgIpc) is 2.46. The van der Waals surface area contributed by atoms with Gasteiger partial charge in [0.1, 0.15) is 0 Å². The van der Waals surface area contributed by atoms with Gasteiger partial charge in [-0.2, -0.15) is 0 Å². The molecule has 110 valence electrons. The molecule has 1 aromatic rings. The van der Waals surface area contributed by atoms with Crippen molar-refractivity contribution in [1.29, 1.82) is 0 Å². The molecule has 2 rings (SSSR count). The first-order valence-corrected chi connectivity index (χ1v) is 7.77. The second kappa shape index (κ2) is 8.05. The van der Waals surface area contributed by atoms with Crippen molar-refractivity contribution in [2.75, 3.05) is 11.9 Å². The molecule has 0 spiro atoms. The largest absolute Gasteiger partial charge is 0.396 e. The van der Waals surface area contributed by atoms with Crippen molar-refractivity contribution in [2.45, 2.75) is 51.4 Å². The maximum atomic E-state index is 12.1. The monoisotopic (exact) mass is 275 g/mol. The lowest BCUT2D eigenvalue weighted by Crippen LogP contribution is -2.18. The molecular weight excluding hydrogens is 250 g/mol. The zero-order chi connectivity index (χ0) is 14.2. The second-order valence-electron chi connectivity index (χ2n) is 5.78. The molecule has 1 fully saturated rings. The van der Waals surface area contributed by atoms with E-state index < -0.39 is 0 Å². The summed E-state index contributed by atoms with van der Waals surface area (Å²) >= 11 is 0. The summed E-state index contributed by atoms with van der Waals surface area (Å²) < 4.78 is 0. The Hall–Kier alpha value is -1.35. The van der Waals surface area contributed by atoms with E-state index in [0.717, 1.165) is 24.1 Å². The molecule has 0 heterocycles. The van der Waals surface area contributed by atoms with Crippen molar-refractivity contribution in [1.82, 2.24) is 0 Å². The molecule has 1 aliphatic carbocycles. The van der Waals surface area contributed by atoms with Gasteiger partial charge in [-0.1, -0.05) is 31.4 Å². The number of anilines is 1. The number of nitrogens with one attached hydrogen (secondary N) is 1. The summed E-state index contributed by atoms with van der Waals surface area (Å²) in [6, 6.07) is 7.94. The SMILES string of the molecule is O=C(CC1CCCCC1)Nc1cccc(CCCO)c1. The van der Waals surface area contributed by atoms with E-state index in [1.807, 2.05) is 24.3 Å². The van der Waals surface area contributed by atoms with E-state index >= 15 is 0 Å². The van der Waals surface area contributed by atoms with Crippen molar-refractivity contribution in [3.8, 4) is 0 Å². The summed E-state index contributed by atoms with van der Waals surface area (Å²) in [6.45, 7) is 0.207. The lowest BCUT2D eigenvalue weighted by atomic mass is 9.87. The molecule has 0 bridgehead atoms.